The first-order valence-corrected chi connectivity index (χ1v) is 8.42. The summed E-state index contributed by atoms with van der Waals surface area (Å²) in [6, 6.07) is 9.90. The highest BCUT2D eigenvalue weighted by molar-refractivity contribution is 5.86. The van der Waals surface area contributed by atoms with Gasteiger partial charge in [0.05, 0.1) is 11.3 Å². The number of benzene rings is 2. The summed E-state index contributed by atoms with van der Waals surface area (Å²) in [7, 11) is 0. The molecule has 1 unspecified atom stereocenters. The minimum absolute atomic E-state index is 0.0227. The Bertz CT molecular complexity index is 863. The van der Waals surface area contributed by atoms with E-state index < -0.39 is 17.6 Å². The third-order valence-electron chi connectivity index (χ3n) is 4.55. The zero-order valence-electron chi connectivity index (χ0n) is 14.4. The fraction of sp³-hybridized carbons (Fsp3) is 0.250. The molecule has 142 valence electrons. The summed E-state index contributed by atoms with van der Waals surface area (Å²) >= 11 is 0. The molecule has 1 amide bonds. The van der Waals surface area contributed by atoms with Gasteiger partial charge in [0.25, 0.3) is 0 Å². The van der Waals surface area contributed by atoms with Gasteiger partial charge in [0.1, 0.15) is 5.82 Å². The summed E-state index contributed by atoms with van der Waals surface area (Å²) in [5.74, 6) is -1.26. The Kier molecular flexibility index (Phi) is 5.21. The topological polar surface area (TPSA) is 32.3 Å². The number of alkyl halides is 3. The molecule has 3 nitrogen and oxygen atoms in total. The van der Waals surface area contributed by atoms with Crippen molar-refractivity contribution in [2.75, 3.05) is 18.0 Å². The average molecular weight is 378 g/mol. The third-order valence-corrected chi connectivity index (χ3v) is 4.55. The highest BCUT2D eigenvalue weighted by Gasteiger charge is 2.33. The zero-order valence-corrected chi connectivity index (χ0v) is 14.4. The van der Waals surface area contributed by atoms with E-state index in [1.807, 2.05) is 18.2 Å². The highest BCUT2D eigenvalue weighted by atomic mass is 19.4. The maximum atomic E-state index is 14.5. The Morgan fingerprint density at radius 1 is 1.22 bits per heavy atom. The second kappa shape index (κ2) is 7.42. The van der Waals surface area contributed by atoms with Gasteiger partial charge in [-0.1, -0.05) is 24.8 Å². The number of para-hydroxylation sites is 1. The summed E-state index contributed by atoms with van der Waals surface area (Å²) in [5, 5.41) is 2.72. The Morgan fingerprint density at radius 3 is 2.63 bits per heavy atom. The summed E-state index contributed by atoms with van der Waals surface area (Å²) < 4.78 is 53.0. The molecule has 3 rings (SSSR count). The van der Waals surface area contributed by atoms with Crippen molar-refractivity contribution in [3.63, 3.8) is 0 Å². The van der Waals surface area contributed by atoms with Crippen LogP contribution in [-0.4, -0.2) is 19.0 Å². The van der Waals surface area contributed by atoms with Crippen LogP contribution in [0.5, 0.6) is 0 Å². The largest absolute Gasteiger partial charge is 0.416 e. The van der Waals surface area contributed by atoms with E-state index in [2.05, 4.69) is 11.9 Å². The molecular weight excluding hydrogens is 360 g/mol. The van der Waals surface area contributed by atoms with Crippen LogP contribution in [-0.2, 0) is 17.4 Å². The fourth-order valence-electron chi connectivity index (χ4n) is 3.26. The van der Waals surface area contributed by atoms with Crippen LogP contribution in [0.2, 0.25) is 0 Å². The molecule has 0 fully saturated rings. The van der Waals surface area contributed by atoms with Crippen molar-refractivity contribution in [3.05, 3.63) is 72.1 Å². The maximum Gasteiger partial charge on any atom is 0.416 e. The molecule has 0 bridgehead atoms. The lowest BCUT2D eigenvalue weighted by Crippen LogP contribution is -2.39. The number of amides is 1. The van der Waals surface area contributed by atoms with Crippen LogP contribution < -0.4 is 10.2 Å². The number of hydrogen-bond donors (Lipinski definition) is 1. The molecule has 0 aromatic heterocycles. The molecule has 0 aliphatic carbocycles. The third kappa shape index (κ3) is 4.13. The molecule has 2 aromatic rings. The summed E-state index contributed by atoms with van der Waals surface area (Å²) in [4.78, 5) is 13.1. The fourth-order valence-corrected chi connectivity index (χ4v) is 3.26. The lowest BCUT2D eigenvalue weighted by Gasteiger charge is -2.36. The first-order chi connectivity index (χ1) is 12.8. The van der Waals surface area contributed by atoms with Crippen LogP contribution in [0.3, 0.4) is 0 Å². The van der Waals surface area contributed by atoms with E-state index in [4.69, 9.17) is 0 Å². The number of nitrogens with zero attached hydrogens (tertiary/aromatic N) is 1. The maximum absolute atomic E-state index is 14.5. The van der Waals surface area contributed by atoms with Crippen molar-refractivity contribution < 1.29 is 22.4 Å². The molecule has 7 heteroatoms. The highest BCUT2D eigenvalue weighted by Crippen LogP contribution is 2.38. The van der Waals surface area contributed by atoms with Gasteiger partial charge in [-0.15, -0.1) is 0 Å². The van der Waals surface area contributed by atoms with E-state index in [1.165, 1.54) is 6.08 Å². The van der Waals surface area contributed by atoms with Gasteiger partial charge in [-0.2, -0.15) is 13.2 Å². The van der Waals surface area contributed by atoms with Crippen molar-refractivity contribution >= 4 is 17.3 Å². The molecule has 1 atom stereocenters. The van der Waals surface area contributed by atoms with Crippen LogP contribution >= 0.6 is 0 Å². The second-order valence-electron chi connectivity index (χ2n) is 6.42. The van der Waals surface area contributed by atoms with Gasteiger partial charge in [-0.05, 0) is 48.2 Å². The molecular formula is C20H18F4N2O. The van der Waals surface area contributed by atoms with Crippen molar-refractivity contribution in [2.24, 2.45) is 5.92 Å². The zero-order chi connectivity index (χ0) is 19.6. The van der Waals surface area contributed by atoms with Crippen molar-refractivity contribution in [3.8, 4) is 0 Å². The van der Waals surface area contributed by atoms with Gasteiger partial charge in [0.15, 0.2) is 0 Å². The Balaban J connectivity index is 1.93. The molecule has 1 aliphatic heterocycles. The van der Waals surface area contributed by atoms with E-state index in [-0.39, 0.29) is 17.5 Å². The smallest absolute Gasteiger partial charge is 0.352 e. The van der Waals surface area contributed by atoms with E-state index in [0.717, 1.165) is 23.4 Å². The van der Waals surface area contributed by atoms with E-state index in [0.29, 0.717) is 25.6 Å². The van der Waals surface area contributed by atoms with Crippen LogP contribution in [0.1, 0.15) is 11.1 Å². The first-order valence-electron chi connectivity index (χ1n) is 8.42. The van der Waals surface area contributed by atoms with E-state index in [9.17, 15) is 22.4 Å². The number of hydrogen-bond acceptors (Lipinski definition) is 2. The lowest BCUT2D eigenvalue weighted by atomic mass is 9.91. The van der Waals surface area contributed by atoms with E-state index in [1.54, 1.807) is 11.0 Å². The molecule has 27 heavy (non-hydrogen) atoms. The van der Waals surface area contributed by atoms with Crippen LogP contribution in [0, 0.1) is 11.7 Å². The van der Waals surface area contributed by atoms with Crippen molar-refractivity contribution in [1.82, 2.24) is 5.32 Å². The quantitative estimate of drug-likeness (QED) is 0.630. The first kappa shape index (κ1) is 18.9. The molecule has 0 radical (unpaired) electrons. The number of carbonyl (C=O) groups is 1. The number of nitrogens with one attached hydrogen (secondary N) is 1. The van der Waals surface area contributed by atoms with Crippen LogP contribution in [0.15, 0.2) is 55.1 Å². The summed E-state index contributed by atoms with van der Waals surface area (Å²) in [5.41, 5.74) is 0.752. The predicted molar refractivity (Wildman–Crippen MR) is 95.3 cm³/mol. The summed E-state index contributed by atoms with van der Waals surface area (Å²) in [6.07, 6.45) is -2.76. The van der Waals surface area contributed by atoms with Crippen molar-refractivity contribution in [1.29, 1.82) is 0 Å². The number of carbonyl (C=O) groups excluding carboxylic acids is 1. The second-order valence-corrected chi connectivity index (χ2v) is 6.42. The SMILES string of the molecule is C=CC(=O)NCC1Cc2ccccc2N(c2ccc(C(F)(F)F)cc2F)C1. The Hall–Kier alpha value is -2.83. The van der Waals surface area contributed by atoms with Crippen LogP contribution in [0.4, 0.5) is 28.9 Å². The standard InChI is InChI=1S/C20H18F4N2O/c1-2-19(27)25-11-13-9-14-5-3-4-6-17(14)26(12-13)18-8-7-15(10-16(18)21)20(22,23)24/h2-8,10,13H,1,9,11-12H2,(H,25,27). The molecule has 1 heterocycles. The van der Waals surface area contributed by atoms with E-state index >= 15 is 0 Å². The normalized spacial score (nSPS) is 16.6. The number of rotatable bonds is 4. The van der Waals surface area contributed by atoms with Gasteiger partial charge in [0, 0.05) is 18.8 Å². The average Bonchev–Trinajstić information content (AvgIpc) is 2.64. The minimum Gasteiger partial charge on any atom is -0.352 e. The number of anilines is 2. The molecule has 0 saturated heterocycles. The van der Waals surface area contributed by atoms with Gasteiger partial charge in [-0.25, -0.2) is 4.39 Å². The number of halogens is 4. The van der Waals surface area contributed by atoms with Gasteiger partial charge >= 0.3 is 6.18 Å². The number of fused-ring (bicyclic) bond motifs is 1. The summed E-state index contributed by atoms with van der Waals surface area (Å²) in [6.45, 7) is 4.13. The van der Waals surface area contributed by atoms with Gasteiger partial charge in [-0.3, -0.25) is 4.79 Å². The molecule has 0 spiro atoms. The predicted octanol–water partition coefficient (Wildman–Crippen LogP) is 4.46. The Morgan fingerprint density at radius 2 is 1.96 bits per heavy atom. The minimum atomic E-state index is -4.60. The Labute approximate surface area is 154 Å². The van der Waals surface area contributed by atoms with Crippen LogP contribution in [0.25, 0.3) is 0 Å². The molecule has 1 N–H and O–H groups in total. The molecule has 1 aliphatic rings. The van der Waals surface area contributed by atoms with Gasteiger partial charge < -0.3 is 10.2 Å². The molecule has 2 aromatic carbocycles. The lowest BCUT2D eigenvalue weighted by molar-refractivity contribution is -0.137. The molecule has 0 saturated carbocycles. The monoisotopic (exact) mass is 378 g/mol. The van der Waals surface area contributed by atoms with Crippen molar-refractivity contribution in [2.45, 2.75) is 12.6 Å². The van der Waals surface area contributed by atoms with Gasteiger partial charge in [0.2, 0.25) is 5.91 Å².